The topological polar surface area (TPSA) is 164 Å². The van der Waals surface area contributed by atoms with Crippen LogP contribution < -0.4 is 29.6 Å². The number of hydrogen-bond acceptors (Lipinski definition) is 8. The van der Waals surface area contributed by atoms with E-state index in [2.05, 4.69) is 0 Å². The summed E-state index contributed by atoms with van der Waals surface area (Å²) in [6.07, 6.45) is 2.72. The number of rotatable bonds is 18. The maximum absolute atomic E-state index is 14.0. The Bertz CT molecular complexity index is 1440. The Morgan fingerprint density at radius 1 is 0.447 bits per heavy atom. The van der Waals surface area contributed by atoms with Crippen LogP contribution in [0.5, 0.6) is 23.0 Å². The van der Waals surface area contributed by atoms with Crippen LogP contribution in [-0.2, 0) is 9.13 Å². The van der Waals surface area contributed by atoms with Crippen molar-refractivity contribution in [2.45, 2.75) is 32.1 Å². The molecule has 0 saturated carbocycles. The molecule has 4 N–H and O–H groups in total. The largest absolute Gasteiger partial charge is 0.547 e. The summed E-state index contributed by atoms with van der Waals surface area (Å²) in [6.45, 7) is 0.00937. The van der Waals surface area contributed by atoms with Gasteiger partial charge in [-0.15, -0.1) is 0 Å². The molecule has 4 rings (SSSR count). The summed E-state index contributed by atoms with van der Waals surface area (Å²) < 4.78 is 52.9. The molecule has 4 aromatic rings. The van der Waals surface area contributed by atoms with E-state index in [1.807, 2.05) is 0 Å². The standard InChI is InChI=1S/C33H38N4O8P2/c34-32(38)36(46(40,42-28-18-8-4-9-19-28)43-29-20-10-5-11-21-29)26-16-2-1-3-17-27-37(33(35)39)47(41,44-30-22-12-6-13-23-30)45-31-24-14-7-15-25-31/h4-15,18-25H,1-3,16-17,26-27H2,(H2,34,38)(H2,35,39). The van der Waals surface area contributed by atoms with E-state index in [4.69, 9.17) is 29.6 Å². The Labute approximate surface area is 274 Å². The first-order chi connectivity index (χ1) is 22.7. The van der Waals surface area contributed by atoms with E-state index in [1.165, 1.54) is 0 Å². The third-order valence-corrected chi connectivity index (χ3v) is 10.4. The van der Waals surface area contributed by atoms with Crippen LogP contribution in [0, 0.1) is 0 Å². The summed E-state index contributed by atoms with van der Waals surface area (Å²) in [4.78, 5) is 25.0. The summed E-state index contributed by atoms with van der Waals surface area (Å²) in [7, 11) is -8.50. The predicted molar refractivity (Wildman–Crippen MR) is 179 cm³/mol. The molecule has 4 aromatic carbocycles. The first kappa shape index (κ1) is 34.9. The highest BCUT2D eigenvalue weighted by atomic mass is 31.2. The zero-order chi connectivity index (χ0) is 33.5. The number of hydrogen-bond donors (Lipinski definition) is 2. The van der Waals surface area contributed by atoms with E-state index in [0.717, 1.165) is 9.34 Å². The second-order valence-corrected chi connectivity index (χ2v) is 13.8. The Kier molecular flexibility index (Phi) is 12.7. The Hall–Kier alpha value is -4.92. The highest BCUT2D eigenvalue weighted by molar-refractivity contribution is 7.53. The zero-order valence-corrected chi connectivity index (χ0v) is 27.5. The van der Waals surface area contributed by atoms with E-state index in [-0.39, 0.29) is 36.1 Å². The van der Waals surface area contributed by atoms with Crippen molar-refractivity contribution in [3.05, 3.63) is 121 Å². The van der Waals surface area contributed by atoms with Gasteiger partial charge in [0.15, 0.2) is 0 Å². The molecule has 0 atom stereocenters. The fraction of sp³-hybridized carbons (Fsp3) is 0.212. The van der Waals surface area contributed by atoms with Crippen molar-refractivity contribution in [1.29, 1.82) is 0 Å². The molecule has 0 aliphatic carbocycles. The summed E-state index contributed by atoms with van der Waals surface area (Å²) in [5.41, 5.74) is 11.3. The van der Waals surface area contributed by atoms with Crippen LogP contribution in [0.15, 0.2) is 121 Å². The van der Waals surface area contributed by atoms with Crippen molar-refractivity contribution in [2.75, 3.05) is 13.1 Å². The number of primary amides is 2. The quantitative estimate of drug-likeness (QED) is 0.0784. The van der Waals surface area contributed by atoms with Crippen LogP contribution in [0.1, 0.15) is 32.1 Å². The average Bonchev–Trinajstić information content (AvgIpc) is 3.05. The monoisotopic (exact) mass is 680 g/mol. The minimum absolute atomic E-state index is 0.00468. The minimum atomic E-state index is -4.25. The molecule has 0 aliphatic rings. The molecule has 4 amide bonds. The number of nitrogens with zero attached hydrogens (tertiary/aromatic N) is 2. The normalized spacial score (nSPS) is 11.2. The number of carbonyl (C=O) groups excluding carboxylic acids is 2. The molecule has 0 spiro atoms. The first-order valence-corrected chi connectivity index (χ1v) is 18.0. The molecule has 0 fully saturated rings. The Morgan fingerprint density at radius 2 is 0.681 bits per heavy atom. The fourth-order valence-corrected chi connectivity index (χ4v) is 7.73. The predicted octanol–water partition coefficient (Wildman–Crippen LogP) is 8.23. The van der Waals surface area contributed by atoms with Crippen molar-refractivity contribution in [3.63, 3.8) is 0 Å². The third-order valence-electron chi connectivity index (χ3n) is 6.70. The van der Waals surface area contributed by atoms with Crippen molar-refractivity contribution in [2.24, 2.45) is 11.5 Å². The molecule has 0 unspecified atom stereocenters. The molecule has 47 heavy (non-hydrogen) atoms. The maximum Gasteiger partial charge on any atom is 0.547 e. The molecule has 0 heterocycles. The fourth-order valence-electron chi connectivity index (χ4n) is 4.45. The summed E-state index contributed by atoms with van der Waals surface area (Å²) in [5, 5.41) is 0. The Morgan fingerprint density at radius 3 is 0.915 bits per heavy atom. The van der Waals surface area contributed by atoms with Gasteiger partial charge in [0.2, 0.25) is 0 Å². The van der Waals surface area contributed by atoms with Gasteiger partial charge in [-0.2, -0.15) is 0 Å². The van der Waals surface area contributed by atoms with Crippen LogP contribution in [0.3, 0.4) is 0 Å². The number of urea groups is 2. The molecule has 0 aromatic heterocycles. The van der Waals surface area contributed by atoms with Gasteiger partial charge in [-0.1, -0.05) is 92.1 Å². The number of para-hydroxylation sites is 4. The van der Waals surface area contributed by atoms with Crippen molar-refractivity contribution in [3.8, 4) is 23.0 Å². The van der Waals surface area contributed by atoms with Crippen molar-refractivity contribution in [1.82, 2.24) is 9.34 Å². The van der Waals surface area contributed by atoms with Gasteiger partial charge in [-0.25, -0.2) is 28.1 Å². The number of unbranched alkanes of at least 4 members (excludes halogenated alkanes) is 4. The lowest BCUT2D eigenvalue weighted by molar-refractivity contribution is 0.218. The van der Waals surface area contributed by atoms with Gasteiger partial charge in [0, 0.05) is 13.1 Å². The van der Waals surface area contributed by atoms with Crippen LogP contribution in [-0.4, -0.2) is 34.5 Å². The van der Waals surface area contributed by atoms with Crippen molar-refractivity contribution >= 4 is 27.6 Å². The minimum Gasteiger partial charge on any atom is -0.400 e. The lowest BCUT2D eigenvalue weighted by Gasteiger charge is -2.29. The molecule has 0 saturated heterocycles. The summed E-state index contributed by atoms with van der Waals surface area (Å²) >= 11 is 0. The summed E-state index contributed by atoms with van der Waals surface area (Å²) in [6, 6.07) is 31.6. The highest BCUT2D eigenvalue weighted by Gasteiger charge is 2.41. The van der Waals surface area contributed by atoms with E-state index in [1.54, 1.807) is 121 Å². The van der Waals surface area contributed by atoms with Gasteiger partial charge < -0.3 is 29.6 Å². The van der Waals surface area contributed by atoms with Gasteiger partial charge >= 0.3 is 27.6 Å². The second-order valence-electron chi connectivity index (χ2n) is 10.2. The van der Waals surface area contributed by atoms with Gasteiger partial charge in [-0.05, 0) is 61.4 Å². The van der Waals surface area contributed by atoms with Gasteiger partial charge in [0.05, 0.1) is 0 Å². The van der Waals surface area contributed by atoms with Gasteiger partial charge in [0.25, 0.3) is 0 Å². The summed E-state index contributed by atoms with van der Waals surface area (Å²) in [5.74, 6) is 1.01. The molecular formula is C33H38N4O8P2. The average molecular weight is 681 g/mol. The molecule has 0 aliphatic heterocycles. The van der Waals surface area contributed by atoms with Crippen LogP contribution >= 0.6 is 15.5 Å². The van der Waals surface area contributed by atoms with E-state index >= 15 is 0 Å². The zero-order valence-electron chi connectivity index (χ0n) is 25.7. The Balaban J connectivity index is 1.35. The molecule has 0 radical (unpaired) electrons. The van der Waals surface area contributed by atoms with Crippen molar-refractivity contribution < 1.29 is 36.8 Å². The smallest absolute Gasteiger partial charge is 0.400 e. The lowest BCUT2D eigenvalue weighted by Crippen LogP contribution is -2.37. The SMILES string of the molecule is NC(=O)N(CCCCCCCN(C(N)=O)P(=O)(Oc1ccccc1)Oc1ccccc1)P(=O)(Oc1ccccc1)Oc1ccccc1. The van der Waals surface area contributed by atoms with Crippen LogP contribution in [0.2, 0.25) is 0 Å². The molecule has 0 bridgehead atoms. The van der Waals surface area contributed by atoms with Crippen LogP contribution in [0.25, 0.3) is 0 Å². The number of nitrogens with two attached hydrogens (primary N) is 2. The molecular weight excluding hydrogens is 642 g/mol. The van der Waals surface area contributed by atoms with E-state index in [9.17, 15) is 18.7 Å². The number of amides is 4. The maximum atomic E-state index is 14.0. The van der Waals surface area contributed by atoms with Gasteiger partial charge in [-0.3, -0.25) is 0 Å². The highest BCUT2D eigenvalue weighted by Crippen LogP contribution is 2.53. The lowest BCUT2D eigenvalue weighted by atomic mass is 10.1. The number of benzene rings is 4. The van der Waals surface area contributed by atoms with Crippen LogP contribution in [0.4, 0.5) is 9.59 Å². The third kappa shape index (κ3) is 10.6. The number of carbonyl (C=O) groups is 2. The molecule has 248 valence electrons. The second kappa shape index (κ2) is 17.1. The van der Waals surface area contributed by atoms with E-state index in [0.29, 0.717) is 32.1 Å². The van der Waals surface area contributed by atoms with E-state index < -0.39 is 27.6 Å². The molecule has 14 heteroatoms. The van der Waals surface area contributed by atoms with Gasteiger partial charge in [0.1, 0.15) is 23.0 Å². The molecule has 12 nitrogen and oxygen atoms in total. The first-order valence-electron chi connectivity index (χ1n) is 15.0.